The second-order valence-corrected chi connectivity index (χ2v) is 6.55. The van der Waals surface area contributed by atoms with Crippen LogP contribution in [-0.2, 0) is 9.59 Å². The number of carbonyl (C=O) groups excluding carboxylic acids is 2. The van der Waals surface area contributed by atoms with Gasteiger partial charge in [0.25, 0.3) is 0 Å². The van der Waals surface area contributed by atoms with Crippen molar-refractivity contribution in [1.29, 1.82) is 0 Å². The molecule has 110 valence electrons. The first kappa shape index (κ1) is 16.3. The van der Waals surface area contributed by atoms with Crippen molar-refractivity contribution in [2.75, 3.05) is 19.0 Å². The van der Waals surface area contributed by atoms with Crippen LogP contribution in [0.25, 0.3) is 0 Å². The second-order valence-electron chi connectivity index (χ2n) is 6.18. The van der Waals surface area contributed by atoms with Crippen LogP contribution in [0.4, 0.5) is 0 Å². The summed E-state index contributed by atoms with van der Waals surface area (Å²) in [4.78, 5) is 25.6. The van der Waals surface area contributed by atoms with Crippen molar-refractivity contribution in [3.8, 4) is 0 Å². The maximum atomic E-state index is 12.1. The molecule has 0 saturated carbocycles. The number of nitrogens with zero attached hydrogens (tertiary/aromatic N) is 1. The van der Waals surface area contributed by atoms with Crippen molar-refractivity contribution in [2.24, 2.45) is 5.41 Å². The Labute approximate surface area is 120 Å². The topological polar surface area (TPSA) is 49.4 Å². The molecule has 2 amide bonds. The lowest BCUT2D eigenvalue weighted by Gasteiger charge is -2.36. The van der Waals surface area contributed by atoms with E-state index in [9.17, 15) is 9.59 Å². The third kappa shape index (κ3) is 5.39. The van der Waals surface area contributed by atoms with E-state index in [4.69, 9.17) is 11.6 Å². The SMILES string of the molecule is CC(C)(C)C(=O)N1CCC(NC(=O)CCCCl)CC1. The van der Waals surface area contributed by atoms with Crippen molar-refractivity contribution < 1.29 is 9.59 Å². The maximum absolute atomic E-state index is 12.1. The molecule has 4 nitrogen and oxygen atoms in total. The van der Waals surface area contributed by atoms with Crippen LogP contribution in [-0.4, -0.2) is 41.7 Å². The minimum Gasteiger partial charge on any atom is -0.353 e. The first-order valence-electron chi connectivity index (χ1n) is 6.99. The first-order chi connectivity index (χ1) is 8.84. The number of hydrogen-bond donors (Lipinski definition) is 1. The molecule has 1 aliphatic heterocycles. The highest BCUT2D eigenvalue weighted by molar-refractivity contribution is 6.17. The van der Waals surface area contributed by atoms with Gasteiger partial charge in [0.1, 0.15) is 0 Å². The van der Waals surface area contributed by atoms with Gasteiger partial charge in [0.2, 0.25) is 11.8 Å². The summed E-state index contributed by atoms with van der Waals surface area (Å²) in [6.07, 6.45) is 2.89. The van der Waals surface area contributed by atoms with Crippen molar-refractivity contribution in [3.63, 3.8) is 0 Å². The molecule has 0 spiro atoms. The van der Waals surface area contributed by atoms with Gasteiger partial charge in [-0.15, -0.1) is 11.6 Å². The molecule has 0 bridgehead atoms. The Morgan fingerprint density at radius 3 is 2.32 bits per heavy atom. The fraction of sp³-hybridized carbons (Fsp3) is 0.857. The van der Waals surface area contributed by atoms with Crippen molar-refractivity contribution in [1.82, 2.24) is 10.2 Å². The maximum Gasteiger partial charge on any atom is 0.227 e. The summed E-state index contributed by atoms with van der Waals surface area (Å²) in [6.45, 7) is 7.28. The fourth-order valence-electron chi connectivity index (χ4n) is 2.23. The Balaban J connectivity index is 2.33. The predicted molar refractivity (Wildman–Crippen MR) is 77.2 cm³/mol. The van der Waals surface area contributed by atoms with E-state index >= 15 is 0 Å². The van der Waals surface area contributed by atoms with Crippen LogP contribution in [0.1, 0.15) is 46.5 Å². The highest BCUT2D eigenvalue weighted by Crippen LogP contribution is 2.21. The van der Waals surface area contributed by atoms with Crippen LogP contribution in [0.5, 0.6) is 0 Å². The zero-order valence-electron chi connectivity index (χ0n) is 12.2. The first-order valence-corrected chi connectivity index (χ1v) is 7.52. The van der Waals surface area contributed by atoms with Crippen molar-refractivity contribution in [3.05, 3.63) is 0 Å². The van der Waals surface area contributed by atoms with Gasteiger partial charge in [-0.2, -0.15) is 0 Å². The van der Waals surface area contributed by atoms with Gasteiger partial charge in [0.05, 0.1) is 0 Å². The quantitative estimate of drug-likeness (QED) is 0.806. The van der Waals surface area contributed by atoms with Crippen LogP contribution >= 0.6 is 11.6 Å². The van der Waals surface area contributed by atoms with E-state index in [2.05, 4.69) is 5.32 Å². The molecule has 5 heteroatoms. The monoisotopic (exact) mass is 288 g/mol. The van der Waals surface area contributed by atoms with Gasteiger partial charge in [-0.25, -0.2) is 0 Å². The molecular weight excluding hydrogens is 264 g/mol. The Morgan fingerprint density at radius 1 is 1.26 bits per heavy atom. The zero-order valence-corrected chi connectivity index (χ0v) is 12.9. The molecule has 1 heterocycles. The summed E-state index contributed by atoms with van der Waals surface area (Å²) >= 11 is 5.56. The van der Waals surface area contributed by atoms with E-state index in [1.54, 1.807) is 0 Å². The summed E-state index contributed by atoms with van der Waals surface area (Å²) < 4.78 is 0. The van der Waals surface area contributed by atoms with E-state index in [1.807, 2.05) is 25.7 Å². The van der Waals surface area contributed by atoms with E-state index in [1.165, 1.54) is 0 Å². The van der Waals surface area contributed by atoms with Gasteiger partial charge >= 0.3 is 0 Å². The molecule has 0 radical (unpaired) electrons. The number of rotatable bonds is 4. The lowest BCUT2D eigenvalue weighted by molar-refractivity contribution is -0.140. The highest BCUT2D eigenvalue weighted by Gasteiger charge is 2.30. The third-order valence-corrected chi connectivity index (χ3v) is 3.59. The summed E-state index contributed by atoms with van der Waals surface area (Å²) in [6, 6.07) is 0.201. The molecule has 0 atom stereocenters. The molecule has 1 fully saturated rings. The van der Waals surface area contributed by atoms with Crippen LogP contribution in [0.15, 0.2) is 0 Å². The van der Waals surface area contributed by atoms with Crippen LogP contribution in [0.2, 0.25) is 0 Å². The molecular formula is C14H25ClN2O2. The standard InChI is InChI=1S/C14H25ClN2O2/c1-14(2,3)13(19)17-9-6-11(7-10-17)16-12(18)5-4-8-15/h11H,4-10H2,1-3H3,(H,16,18). The highest BCUT2D eigenvalue weighted by atomic mass is 35.5. The molecule has 1 rings (SSSR count). The van der Waals surface area contributed by atoms with Gasteiger partial charge in [-0.05, 0) is 19.3 Å². The lowest BCUT2D eigenvalue weighted by Crippen LogP contribution is -2.49. The average Bonchev–Trinajstić information content (AvgIpc) is 2.35. The van der Waals surface area contributed by atoms with Gasteiger partial charge < -0.3 is 10.2 Å². The fourth-order valence-corrected chi connectivity index (χ4v) is 2.36. The minimum absolute atomic E-state index is 0.0706. The zero-order chi connectivity index (χ0) is 14.5. The molecule has 1 N–H and O–H groups in total. The van der Waals surface area contributed by atoms with E-state index in [-0.39, 0.29) is 23.3 Å². The normalized spacial score (nSPS) is 17.4. The number of carbonyl (C=O) groups is 2. The van der Waals surface area contributed by atoms with Crippen molar-refractivity contribution in [2.45, 2.75) is 52.5 Å². The smallest absolute Gasteiger partial charge is 0.227 e. The van der Waals surface area contributed by atoms with Crippen LogP contribution in [0, 0.1) is 5.41 Å². The average molecular weight is 289 g/mol. The van der Waals surface area contributed by atoms with Gasteiger partial charge in [-0.3, -0.25) is 9.59 Å². The molecule has 0 unspecified atom stereocenters. The number of piperidine rings is 1. The number of likely N-dealkylation sites (tertiary alicyclic amines) is 1. The Hall–Kier alpha value is -0.770. The number of alkyl halides is 1. The Kier molecular flexibility index (Phi) is 6.11. The second kappa shape index (κ2) is 7.13. The van der Waals surface area contributed by atoms with Crippen molar-refractivity contribution >= 4 is 23.4 Å². The Morgan fingerprint density at radius 2 is 1.84 bits per heavy atom. The van der Waals surface area contributed by atoms with Gasteiger partial charge in [0.15, 0.2) is 0 Å². The minimum atomic E-state index is -0.323. The number of nitrogens with one attached hydrogen (secondary N) is 1. The van der Waals surface area contributed by atoms with E-state index in [0.717, 1.165) is 32.4 Å². The third-order valence-electron chi connectivity index (χ3n) is 3.33. The van der Waals surface area contributed by atoms with E-state index < -0.39 is 0 Å². The Bertz CT molecular complexity index is 318. The molecule has 0 aromatic heterocycles. The van der Waals surface area contributed by atoms with Gasteiger partial charge in [0, 0.05) is 36.8 Å². The molecule has 19 heavy (non-hydrogen) atoms. The predicted octanol–water partition coefficient (Wildman–Crippen LogP) is 2.16. The number of hydrogen-bond acceptors (Lipinski definition) is 2. The van der Waals surface area contributed by atoms with Gasteiger partial charge in [-0.1, -0.05) is 20.8 Å². The van der Waals surface area contributed by atoms with Crippen LogP contribution in [0.3, 0.4) is 0 Å². The molecule has 0 aromatic carbocycles. The molecule has 1 saturated heterocycles. The lowest BCUT2D eigenvalue weighted by atomic mass is 9.93. The molecule has 0 aliphatic carbocycles. The summed E-state index contributed by atoms with van der Waals surface area (Å²) in [5, 5.41) is 3.02. The molecule has 1 aliphatic rings. The largest absolute Gasteiger partial charge is 0.353 e. The summed E-state index contributed by atoms with van der Waals surface area (Å²) in [5.74, 6) is 0.784. The summed E-state index contributed by atoms with van der Waals surface area (Å²) in [5.41, 5.74) is -0.323. The van der Waals surface area contributed by atoms with Crippen LogP contribution < -0.4 is 5.32 Å². The van der Waals surface area contributed by atoms with E-state index in [0.29, 0.717) is 12.3 Å². The molecule has 0 aromatic rings. The number of halogens is 1. The number of amides is 2. The summed E-state index contributed by atoms with van der Waals surface area (Å²) in [7, 11) is 0.